The molecule has 25 heavy (non-hydrogen) atoms. The van der Waals surface area contributed by atoms with Crippen molar-refractivity contribution in [3.05, 3.63) is 24.3 Å². The number of anilines is 1. The largest absolute Gasteiger partial charge is 0.423 e. The molecule has 0 unspecified atom stereocenters. The first-order valence-electron chi connectivity index (χ1n) is 8.80. The number of hydrogen-bond acceptors (Lipinski definition) is 8. The number of fused-ring (bicyclic) bond motifs is 1. The summed E-state index contributed by atoms with van der Waals surface area (Å²) >= 11 is 0. The molecule has 8 nitrogen and oxygen atoms in total. The highest BCUT2D eigenvalue weighted by Gasteiger charge is 2.15. The molecule has 2 N–H and O–H groups in total. The Hall–Kier alpha value is -2.16. The first kappa shape index (κ1) is 16.3. The van der Waals surface area contributed by atoms with Crippen molar-refractivity contribution in [3.8, 4) is 0 Å². The van der Waals surface area contributed by atoms with Crippen LogP contribution < -0.4 is 10.6 Å². The first-order chi connectivity index (χ1) is 12.4. The molecule has 134 valence electrons. The maximum Gasteiger partial charge on any atom is 0.302 e. The number of oxazole rings is 1. The van der Waals surface area contributed by atoms with Gasteiger partial charge in [-0.3, -0.25) is 15.1 Å². The SMILES string of the molecule is c1ccc2oc(NC3=NCN(CCCN4CCOCC4)CN3)nc2c1. The first-order valence-corrected chi connectivity index (χ1v) is 8.80. The van der Waals surface area contributed by atoms with Crippen molar-refractivity contribution < 1.29 is 9.15 Å². The van der Waals surface area contributed by atoms with Gasteiger partial charge in [-0.25, -0.2) is 4.99 Å². The summed E-state index contributed by atoms with van der Waals surface area (Å²) in [5.41, 5.74) is 1.61. The predicted molar refractivity (Wildman–Crippen MR) is 96.5 cm³/mol. The van der Waals surface area contributed by atoms with E-state index in [-0.39, 0.29) is 0 Å². The number of benzene rings is 1. The van der Waals surface area contributed by atoms with E-state index in [1.54, 1.807) is 0 Å². The summed E-state index contributed by atoms with van der Waals surface area (Å²) in [6.45, 7) is 7.43. The molecule has 8 heteroatoms. The fourth-order valence-corrected chi connectivity index (χ4v) is 3.07. The van der Waals surface area contributed by atoms with Gasteiger partial charge in [0.2, 0.25) is 5.96 Å². The zero-order valence-electron chi connectivity index (χ0n) is 14.3. The molecule has 0 saturated carbocycles. The second-order valence-corrected chi connectivity index (χ2v) is 6.30. The minimum absolute atomic E-state index is 0.466. The van der Waals surface area contributed by atoms with Gasteiger partial charge in [0, 0.05) is 19.6 Å². The van der Waals surface area contributed by atoms with E-state index in [9.17, 15) is 0 Å². The van der Waals surface area contributed by atoms with Crippen molar-refractivity contribution in [2.45, 2.75) is 6.42 Å². The lowest BCUT2D eigenvalue weighted by molar-refractivity contribution is 0.0360. The molecule has 2 aliphatic rings. The Balaban J connectivity index is 1.23. The monoisotopic (exact) mass is 344 g/mol. The van der Waals surface area contributed by atoms with Gasteiger partial charge in [-0.05, 0) is 25.1 Å². The zero-order valence-corrected chi connectivity index (χ0v) is 14.3. The molecule has 0 atom stereocenters. The highest BCUT2D eigenvalue weighted by Crippen LogP contribution is 2.18. The van der Waals surface area contributed by atoms with E-state index in [2.05, 4.69) is 30.4 Å². The minimum atomic E-state index is 0.466. The molecule has 1 aromatic carbocycles. The number of nitrogens with one attached hydrogen (secondary N) is 2. The van der Waals surface area contributed by atoms with Gasteiger partial charge in [-0.1, -0.05) is 12.1 Å². The van der Waals surface area contributed by atoms with Crippen LogP contribution in [0.3, 0.4) is 0 Å². The van der Waals surface area contributed by atoms with Crippen LogP contribution in [-0.2, 0) is 4.74 Å². The molecule has 2 aromatic rings. The van der Waals surface area contributed by atoms with Gasteiger partial charge in [-0.15, -0.1) is 0 Å². The fourth-order valence-electron chi connectivity index (χ4n) is 3.07. The van der Waals surface area contributed by atoms with Gasteiger partial charge in [0.15, 0.2) is 5.58 Å². The number of guanidine groups is 1. The van der Waals surface area contributed by atoms with E-state index in [4.69, 9.17) is 9.15 Å². The Morgan fingerprint density at radius 2 is 1.96 bits per heavy atom. The van der Waals surface area contributed by atoms with Crippen LogP contribution in [0.15, 0.2) is 33.7 Å². The van der Waals surface area contributed by atoms with Crippen molar-refractivity contribution in [2.24, 2.45) is 4.99 Å². The molecule has 1 fully saturated rings. The lowest BCUT2D eigenvalue weighted by Crippen LogP contribution is -2.46. The van der Waals surface area contributed by atoms with Crippen molar-refractivity contribution >= 4 is 23.1 Å². The van der Waals surface area contributed by atoms with E-state index in [0.29, 0.717) is 18.6 Å². The van der Waals surface area contributed by atoms with E-state index in [1.807, 2.05) is 24.3 Å². The van der Waals surface area contributed by atoms with Crippen LogP contribution >= 0.6 is 0 Å². The van der Waals surface area contributed by atoms with Crippen LogP contribution in [0.1, 0.15) is 6.42 Å². The Bertz CT molecular complexity index is 692. The van der Waals surface area contributed by atoms with Crippen molar-refractivity contribution in [1.82, 2.24) is 20.1 Å². The second-order valence-electron chi connectivity index (χ2n) is 6.30. The average Bonchev–Trinajstić information content (AvgIpc) is 3.06. The summed E-state index contributed by atoms with van der Waals surface area (Å²) in [7, 11) is 0. The normalized spacial score (nSPS) is 19.6. The van der Waals surface area contributed by atoms with E-state index in [0.717, 1.165) is 63.6 Å². The lowest BCUT2D eigenvalue weighted by atomic mass is 10.3. The number of rotatable bonds is 5. The summed E-state index contributed by atoms with van der Waals surface area (Å²) in [6, 6.07) is 8.17. The summed E-state index contributed by atoms with van der Waals surface area (Å²) in [5.74, 6) is 0.705. The quantitative estimate of drug-likeness (QED) is 0.842. The van der Waals surface area contributed by atoms with Crippen LogP contribution in [0.2, 0.25) is 0 Å². The number of ether oxygens (including phenoxy) is 1. The van der Waals surface area contributed by atoms with Gasteiger partial charge >= 0.3 is 6.01 Å². The average molecular weight is 344 g/mol. The van der Waals surface area contributed by atoms with Crippen LogP contribution in [0, 0.1) is 0 Å². The molecule has 1 aromatic heterocycles. The number of morpholine rings is 1. The molecular formula is C17H24N6O2. The number of nitrogens with zero attached hydrogens (tertiary/aromatic N) is 4. The van der Waals surface area contributed by atoms with Crippen LogP contribution in [0.5, 0.6) is 0 Å². The van der Waals surface area contributed by atoms with Gasteiger partial charge in [0.05, 0.1) is 26.6 Å². The van der Waals surface area contributed by atoms with E-state index >= 15 is 0 Å². The Kier molecular flexibility index (Phi) is 5.10. The summed E-state index contributed by atoms with van der Waals surface area (Å²) in [4.78, 5) is 13.7. The van der Waals surface area contributed by atoms with Crippen LogP contribution in [0.25, 0.3) is 11.1 Å². The standard InChI is InChI=1S/C17H24N6O2/c1-2-5-15-14(4-1)20-17(25-15)21-16-18-12-23(13-19-16)7-3-6-22-8-10-24-11-9-22/h1-2,4-5H,3,6-13H2,(H2,18,19,20,21). The molecule has 1 saturated heterocycles. The second kappa shape index (κ2) is 7.81. The summed E-state index contributed by atoms with van der Waals surface area (Å²) < 4.78 is 11.0. The highest BCUT2D eigenvalue weighted by molar-refractivity contribution is 5.93. The molecular weight excluding hydrogens is 320 g/mol. The zero-order chi connectivity index (χ0) is 16.9. The number of hydrogen-bond donors (Lipinski definition) is 2. The fraction of sp³-hybridized carbons (Fsp3) is 0.529. The molecule has 2 aliphatic heterocycles. The Labute approximate surface area is 146 Å². The summed E-state index contributed by atoms with van der Waals surface area (Å²) in [5, 5.41) is 6.39. The highest BCUT2D eigenvalue weighted by atomic mass is 16.5. The topological polar surface area (TPSA) is 78.2 Å². The molecule has 0 radical (unpaired) electrons. The third kappa shape index (κ3) is 4.28. The molecule has 0 amide bonds. The van der Waals surface area contributed by atoms with Gasteiger partial charge in [0.25, 0.3) is 0 Å². The van der Waals surface area contributed by atoms with E-state index < -0.39 is 0 Å². The molecule has 4 rings (SSSR count). The molecule has 0 aliphatic carbocycles. The van der Waals surface area contributed by atoms with Crippen molar-refractivity contribution in [3.63, 3.8) is 0 Å². The molecule has 0 spiro atoms. The number of aromatic nitrogens is 1. The van der Waals surface area contributed by atoms with Gasteiger partial charge in [-0.2, -0.15) is 4.98 Å². The maximum absolute atomic E-state index is 5.66. The molecule has 0 bridgehead atoms. The van der Waals surface area contributed by atoms with Crippen LogP contribution in [-0.4, -0.2) is 73.5 Å². The smallest absolute Gasteiger partial charge is 0.302 e. The maximum atomic E-state index is 5.66. The van der Waals surface area contributed by atoms with Crippen LogP contribution in [0.4, 0.5) is 6.01 Å². The van der Waals surface area contributed by atoms with E-state index in [1.165, 1.54) is 0 Å². The number of aliphatic imine (C=N–C) groups is 1. The molecule has 3 heterocycles. The lowest BCUT2D eigenvalue weighted by Gasteiger charge is -2.29. The third-order valence-corrected chi connectivity index (χ3v) is 4.47. The van der Waals surface area contributed by atoms with Crippen molar-refractivity contribution in [1.29, 1.82) is 0 Å². The van der Waals surface area contributed by atoms with Gasteiger partial charge < -0.3 is 14.5 Å². The predicted octanol–water partition coefficient (Wildman–Crippen LogP) is 1.14. The Morgan fingerprint density at radius 3 is 2.76 bits per heavy atom. The summed E-state index contributed by atoms with van der Waals surface area (Å²) in [6.07, 6.45) is 1.14. The Morgan fingerprint density at radius 1 is 1.12 bits per heavy atom. The van der Waals surface area contributed by atoms with Crippen molar-refractivity contribution in [2.75, 3.05) is 58.0 Å². The minimum Gasteiger partial charge on any atom is -0.423 e. The van der Waals surface area contributed by atoms with Gasteiger partial charge in [0.1, 0.15) is 5.52 Å². The third-order valence-electron chi connectivity index (χ3n) is 4.47. The number of para-hydroxylation sites is 2.